The summed E-state index contributed by atoms with van der Waals surface area (Å²) in [5.41, 5.74) is 0.754. The molecule has 4 heteroatoms. The first kappa shape index (κ1) is 16.8. The van der Waals surface area contributed by atoms with Crippen LogP contribution in [0.1, 0.15) is 38.4 Å². The van der Waals surface area contributed by atoms with Crippen molar-refractivity contribution < 1.29 is 14.6 Å². The second kappa shape index (κ2) is 8.82. The highest BCUT2D eigenvalue weighted by Crippen LogP contribution is 2.29. The highest BCUT2D eigenvalue weighted by atomic mass is 16.5. The van der Waals surface area contributed by atoms with E-state index in [4.69, 9.17) is 9.47 Å². The number of hydrogen-bond donors (Lipinski definition) is 2. The van der Waals surface area contributed by atoms with Crippen LogP contribution in [0.5, 0.6) is 11.5 Å². The number of benzene rings is 1. The van der Waals surface area contributed by atoms with E-state index in [0.29, 0.717) is 18.2 Å². The third-order valence-corrected chi connectivity index (χ3v) is 3.72. The molecule has 0 aromatic heterocycles. The highest BCUT2D eigenvalue weighted by Gasteiger charge is 2.14. The van der Waals surface area contributed by atoms with Crippen molar-refractivity contribution in [2.75, 3.05) is 27.3 Å². The van der Waals surface area contributed by atoms with Crippen LogP contribution in [0, 0.1) is 5.92 Å². The van der Waals surface area contributed by atoms with Gasteiger partial charge in [-0.2, -0.15) is 0 Å². The fourth-order valence-corrected chi connectivity index (χ4v) is 2.21. The van der Waals surface area contributed by atoms with E-state index >= 15 is 0 Å². The number of methoxy groups -OCH3 is 2. The normalized spacial score (nSPS) is 12.5. The summed E-state index contributed by atoms with van der Waals surface area (Å²) in [6.07, 6.45) is 1.71. The zero-order chi connectivity index (χ0) is 15.0. The smallest absolute Gasteiger partial charge is 0.124 e. The number of aliphatic hydroxyl groups excluding tert-OH is 1. The van der Waals surface area contributed by atoms with Gasteiger partial charge in [-0.15, -0.1) is 0 Å². The predicted octanol–water partition coefficient (Wildman–Crippen LogP) is 2.76. The molecule has 0 amide bonds. The summed E-state index contributed by atoms with van der Waals surface area (Å²) in [6.45, 7) is 5.82. The Morgan fingerprint density at radius 1 is 1.10 bits per heavy atom. The fourth-order valence-electron chi connectivity index (χ4n) is 2.21. The number of nitrogens with one attached hydrogen (secondary N) is 1. The molecule has 20 heavy (non-hydrogen) atoms. The quantitative estimate of drug-likeness (QED) is 0.731. The van der Waals surface area contributed by atoms with E-state index in [1.54, 1.807) is 14.2 Å². The zero-order valence-electron chi connectivity index (χ0n) is 13.0. The highest BCUT2D eigenvalue weighted by molar-refractivity contribution is 5.41. The van der Waals surface area contributed by atoms with Crippen LogP contribution in [0.15, 0.2) is 18.2 Å². The molecule has 0 saturated heterocycles. The minimum Gasteiger partial charge on any atom is -0.497 e. The van der Waals surface area contributed by atoms with Crippen LogP contribution in [0.3, 0.4) is 0 Å². The molecule has 1 atom stereocenters. The molecule has 4 nitrogen and oxygen atoms in total. The molecule has 0 aliphatic carbocycles. The topological polar surface area (TPSA) is 50.7 Å². The van der Waals surface area contributed by atoms with Crippen LogP contribution in [-0.4, -0.2) is 32.4 Å². The number of hydrogen-bond acceptors (Lipinski definition) is 4. The van der Waals surface area contributed by atoms with Gasteiger partial charge in [0.05, 0.1) is 20.3 Å². The first-order valence-electron chi connectivity index (χ1n) is 7.26. The van der Waals surface area contributed by atoms with Gasteiger partial charge in [0.2, 0.25) is 0 Å². The second-order valence-electron chi connectivity index (χ2n) is 4.96. The van der Waals surface area contributed by atoms with Crippen molar-refractivity contribution in [2.45, 2.75) is 32.8 Å². The molecule has 1 unspecified atom stereocenters. The number of ether oxygens (including phenoxy) is 2. The van der Waals surface area contributed by atoms with E-state index in [-0.39, 0.29) is 0 Å². The molecule has 0 saturated carbocycles. The first-order chi connectivity index (χ1) is 9.65. The summed E-state index contributed by atoms with van der Waals surface area (Å²) in [5.74, 6) is 2.07. The van der Waals surface area contributed by atoms with Gasteiger partial charge in [-0.05, 0) is 30.7 Å². The van der Waals surface area contributed by atoms with E-state index in [2.05, 4.69) is 19.2 Å². The van der Waals surface area contributed by atoms with Crippen LogP contribution >= 0.6 is 0 Å². The largest absolute Gasteiger partial charge is 0.497 e. The molecule has 1 aromatic rings. The Morgan fingerprint density at radius 3 is 2.35 bits per heavy atom. The third kappa shape index (κ3) is 4.69. The maximum atomic E-state index is 10.3. The van der Waals surface area contributed by atoms with Gasteiger partial charge in [-0.3, -0.25) is 0 Å². The molecular formula is C16H27NO3. The second-order valence-corrected chi connectivity index (χ2v) is 4.96. The van der Waals surface area contributed by atoms with Crippen molar-refractivity contribution in [3.63, 3.8) is 0 Å². The predicted molar refractivity (Wildman–Crippen MR) is 81.4 cm³/mol. The van der Waals surface area contributed by atoms with Crippen molar-refractivity contribution in [3.8, 4) is 11.5 Å². The molecule has 0 spiro atoms. The first-order valence-corrected chi connectivity index (χ1v) is 7.26. The van der Waals surface area contributed by atoms with Gasteiger partial charge in [0, 0.05) is 12.1 Å². The maximum Gasteiger partial charge on any atom is 0.124 e. The zero-order valence-corrected chi connectivity index (χ0v) is 13.0. The molecule has 0 fully saturated rings. The summed E-state index contributed by atoms with van der Waals surface area (Å²) in [6, 6.07) is 5.47. The minimum atomic E-state index is -0.602. The van der Waals surface area contributed by atoms with E-state index in [1.165, 1.54) is 0 Å². The molecule has 0 aliphatic heterocycles. The molecule has 2 N–H and O–H groups in total. The van der Waals surface area contributed by atoms with Crippen LogP contribution in [0.25, 0.3) is 0 Å². The minimum absolute atomic E-state index is 0.514. The lowest BCUT2D eigenvalue weighted by atomic mass is 10.0. The van der Waals surface area contributed by atoms with E-state index in [0.717, 1.165) is 30.7 Å². The number of aliphatic hydroxyl groups is 1. The van der Waals surface area contributed by atoms with Gasteiger partial charge in [0.25, 0.3) is 0 Å². The van der Waals surface area contributed by atoms with Crippen LogP contribution in [-0.2, 0) is 0 Å². The van der Waals surface area contributed by atoms with Gasteiger partial charge in [0.1, 0.15) is 11.5 Å². The Hall–Kier alpha value is -1.26. The average molecular weight is 281 g/mol. The summed E-state index contributed by atoms with van der Waals surface area (Å²) in [7, 11) is 3.22. The lowest BCUT2D eigenvalue weighted by Crippen LogP contribution is -2.27. The summed E-state index contributed by atoms with van der Waals surface area (Å²) in [4.78, 5) is 0. The molecule has 0 aliphatic rings. The Bertz CT molecular complexity index is 391. The van der Waals surface area contributed by atoms with Crippen LogP contribution < -0.4 is 14.8 Å². The van der Waals surface area contributed by atoms with E-state index in [9.17, 15) is 5.11 Å². The van der Waals surface area contributed by atoms with Crippen molar-refractivity contribution in [3.05, 3.63) is 23.8 Å². The molecular weight excluding hydrogens is 254 g/mol. The van der Waals surface area contributed by atoms with Gasteiger partial charge < -0.3 is 19.9 Å². The lowest BCUT2D eigenvalue weighted by Gasteiger charge is -2.18. The van der Waals surface area contributed by atoms with Gasteiger partial charge in [0.15, 0.2) is 0 Å². The van der Waals surface area contributed by atoms with Gasteiger partial charge >= 0.3 is 0 Å². The molecule has 0 radical (unpaired) electrons. The average Bonchev–Trinajstić information content (AvgIpc) is 2.50. The van der Waals surface area contributed by atoms with E-state index in [1.807, 2.05) is 18.2 Å². The molecule has 1 aromatic carbocycles. The lowest BCUT2D eigenvalue weighted by molar-refractivity contribution is 0.168. The summed E-state index contributed by atoms with van der Waals surface area (Å²) >= 11 is 0. The Labute approximate surface area is 122 Å². The Morgan fingerprint density at radius 2 is 1.80 bits per heavy atom. The standard InChI is InChI=1S/C16H27NO3/c1-5-12(6-2)10-17-11-15(18)14-9-13(19-3)7-8-16(14)20-4/h7-9,12,15,17-18H,5-6,10-11H2,1-4H3. The van der Waals surface area contributed by atoms with Crippen molar-refractivity contribution in [1.82, 2.24) is 5.32 Å². The molecule has 1 rings (SSSR count). The van der Waals surface area contributed by atoms with Crippen molar-refractivity contribution >= 4 is 0 Å². The molecule has 114 valence electrons. The summed E-state index contributed by atoms with van der Waals surface area (Å²) in [5, 5.41) is 13.6. The Kier molecular flexibility index (Phi) is 7.41. The van der Waals surface area contributed by atoms with Crippen LogP contribution in [0.4, 0.5) is 0 Å². The summed E-state index contributed by atoms with van der Waals surface area (Å²) < 4.78 is 10.5. The third-order valence-electron chi connectivity index (χ3n) is 3.72. The van der Waals surface area contributed by atoms with Crippen LogP contribution in [0.2, 0.25) is 0 Å². The number of rotatable bonds is 9. The SMILES string of the molecule is CCC(CC)CNCC(O)c1cc(OC)ccc1OC. The maximum absolute atomic E-state index is 10.3. The monoisotopic (exact) mass is 281 g/mol. The van der Waals surface area contributed by atoms with E-state index < -0.39 is 6.10 Å². The van der Waals surface area contributed by atoms with Crippen molar-refractivity contribution in [1.29, 1.82) is 0 Å². The van der Waals surface area contributed by atoms with Gasteiger partial charge in [-0.1, -0.05) is 26.7 Å². The molecule has 0 heterocycles. The van der Waals surface area contributed by atoms with Gasteiger partial charge in [-0.25, -0.2) is 0 Å². The molecule has 0 bridgehead atoms. The Balaban J connectivity index is 2.64. The van der Waals surface area contributed by atoms with Crippen molar-refractivity contribution in [2.24, 2.45) is 5.92 Å². The fraction of sp³-hybridized carbons (Fsp3) is 0.625.